The van der Waals surface area contributed by atoms with Gasteiger partial charge in [-0.1, -0.05) is 6.07 Å². The maximum atomic E-state index is 12.6. The Kier molecular flexibility index (Phi) is 5.23. The minimum atomic E-state index is -3.55. The number of carbonyl (C=O) groups excluding carboxylic acids is 1. The second-order valence-corrected chi connectivity index (χ2v) is 8.66. The average Bonchev–Trinajstić information content (AvgIpc) is 2.91. The van der Waals surface area contributed by atoms with E-state index in [0.29, 0.717) is 12.1 Å². The van der Waals surface area contributed by atoms with Crippen molar-refractivity contribution in [1.82, 2.24) is 9.21 Å². The van der Waals surface area contributed by atoms with E-state index in [-0.39, 0.29) is 10.8 Å². The first-order valence-corrected chi connectivity index (χ1v) is 9.36. The molecule has 1 heterocycles. The minimum Gasteiger partial charge on any atom is -0.337 e. The van der Waals surface area contributed by atoms with E-state index in [2.05, 4.69) is 0 Å². The van der Waals surface area contributed by atoms with Crippen LogP contribution in [0.25, 0.3) is 0 Å². The van der Waals surface area contributed by atoms with Crippen LogP contribution in [0.3, 0.4) is 0 Å². The van der Waals surface area contributed by atoms with Crippen LogP contribution in [0.4, 0.5) is 0 Å². The number of carbonyl (C=O) groups is 1. The van der Waals surface area contributed by atoms with Crippen LogP contribution < -0.4 is 0 Å². The van der Waals surface area contributed by atoms with Crippen LogP contribution in [-0.4, -0.2) is 44.7 Å². The van der Waals surface area contributed by atoms with Gasteiger partial charge >= 0.3 is 0 Å². The summed E-state index contributed by atoms with van der Waals surface area (Å²) in [6.07, 6.45) is 0. The van der Waals surface area contributed by atoms with E-state index >= 15 is 0 Å². The fourth-order valence-electron chi connectivity index (χ4n) is 2.07. The fraction of sp³-hybridized carbons (Fsp3) is 0.312. The molecule has 7 heteroatoms. The first-order chi connectivity index (χ1) is 10.7. The average molecular weight is 352 g/mol. The van der Waals surface area contributed by atoms with Gasteiger partial charge in [-0.05, 0) is 42.1 Å². The van der Waals surface area contributed by atoms with Crippen LogP contribution in [-0.2, 0) is 16.6 Å². The molecular formula is C16H20N2O3S2. The molecule has 0 aliphatic carbocycles. The lowest BCUT2D eigenvalue weighted by molar-refractivity contribution is 0.0786. The molecule has 0 saturated carbocycles. The number of hydrogen-bond acceptors (Lipinski definition) is 4. The summed E-state index contributed by atoms with van der Waals surface area (Å²) in [6, 6.07) is 8.16. The van der Waals surface area contributed by atoms with Crippen molar-refractivity contribution in [2.24, 2.45) is 0 Å². The lowest BCUT2D eigenvalue weighted by atomic mass is 10.2. The predicted molar refractivity (Wildman–Crippen MR) is 92.2 cm³/mol. The molecule has 1 aromatic carbocycles. The highest BCUT2D eigenvalue weighted by Crippen LogP contribution is 2.20. The van der Waals surface area contributed by atoms with E-state index in [1.54, 1.807) is 35.4 Å². The van der Waals surface area contributed by atoms with E-state index < -0.39 is 10.0 Å². The van der Waals surface area contributed by atoms with Gasteiger partial charge in [0.2, 0.25) is 10.0 Å². The quantitative estimate of drug-likeness (QED) is 0.831. The largest absolute Gasteiger partial charge is 0.337 e. The molecule has 0 bridgehead atoms. The Morgan fingerprint density at radius 2 is 1.87 bits per heavy atom. The summed E-state index contributed by atoms with van der Waals surface area (Å²) in [5.74, 6) is -0.200. The van der Waals surface area contributed by atoms with Gasteiger partial charge in [0.1, 0.15) is 0 Å². The molecule has 5 nitrogen and oxygen atoms in total. The van der Waals surface area contributed by atoms with E-state index in [1.807, 2.05) is 18.4 Å². The second-order valence-electron chi connectivity index (χ2n) is 5.50. The van der Waals surface area contributed by atoms with Crippen LogP contribution in [0.15, 0.2) is 40.6 Å². The normalized spacial score (nSPS) is 11.7. The molecule has 124 valence electrons. The molecule has 0 aliphatic rings. The number of hydrogen-bond donors (Lipinski definition) is 0. The summed E-state index contributed by atoms with van der Waals surface area (Å²) < 4.78 is 25.5. The first-order valence-electron chi connectivity index (χ1n) is 7.04. The molecule has 0 N–H and O–H groups in total. The zero-order chi connectivity index (χ0) is 17.2. The Labute approximate surface area is 141 Å². The van der Waals surface area contributed by atoms with E-state index in [9.17, 15) is 13.2 Å². The third-order valence-electron chi connectivity index (χ3n) is 3.56. The van der Waals surface area contributed by atoms with Crippen molar-refractivity contribution in [2.75, 3.05) is 21.1 Å². The highest BCUT2D eigenvalue weighted by atomic mass is 32.2. The van der Waals surface area contributed by atoms with Gasteiger partial charge in [0.25, 0.3) is 5.91 Å². The first kappa shape index (κ1) is 17.7. The molecule has 0 saturated heterocycles. The molecule has 0 unspecified atom stereocenters. The van der Waals surface area contributed by atoms with Gasteiger partial charge in [0, 0.05) is 31.6 Å². The second kappa shape index (κ2) is 6.82. The molecule has 1 amide bonds. The molecule has 0 atom stereocenters. The Bertz CT molecular complexity index is 810. The predicted octanol–water partition coefficient (Wildman–Crippen LogP) is 2.58. The summed E-state index contributed by atoms with van der Waals surface area (Å²) in [7, 11) is 1.10. The van der Waals surface area contributed by atoms with Crippen molar-refractivity contribution < 1.29 is 13.2 Å². The van der Waals surface area contributed by atoms with Gasteiger partial charge in [0.15, 0.2) is 0 Å². The maximum Gasteiger partial charge on any atom is 0.253 e. The van der Waals surface area contributed by atoms with Gasteiger partial charge in [-0.25, -0.2) is 12.7 Å². The number of thiophene rings is 1. The highest BCUT2D eigenvalue weighted by molar-refractivity contribution is 7.89. The number of sulfonamides is 1. The highest BCUT2D eigenvalue weighted by Gasteiger charge is 2.20. The van der Waals surface area contributed by atoms with Crippen molar-refractivity contribution in [3.63, 3.8) is 0 Å². The Morgan fingerprint density at radius 3 is 2.43 bits per heavy atom. The monoisotopic (exact) mass is 352 g/mol. The summed E-state index contributed by atoms with van der Waals surface area (Å²) >= 11 is 1.61. The van der Waals surface area contributed by atoms with Crippen molar-refractivity contribution in [3.05, 3.63) is 51.7 Å². The number of benzene rings is 1. The fourth-order valence-corrected chi connectivity index (χ4v) is 3.98. The van der Waals surface area contributed by atoms with E-state index in [1.165, 1.54) is 26.2 Å². The molecule has 2 aromatic rings. The molecule has 0 aliphatic heterocycles. The summed E-state index contributed by atoms with van der Waals surface area (Å²) in [5.41, 5.74) is 1.52. The molecule has 23 heavy (non-hydrogen) atoms. The topological polar surface area (TPSA) is 57.7 Å². The smallest absolute Gasteiger partial charge is 0.253 e. The Hall–Kier alpha value is -1.70. The van der Waals surface area contributed by atoms with Crippen LogP contribution >= 0.6 is 11.3 Å². The maximum absolute atomic E-state index is 12.6. The van der Waals surface area contributed by atoms with Crippen LogP contribution in [0.5, 0.6) is 0 Å². The minimum absolute atomic E-state index is 0.119. The standard InChI is InChI=1S/C16H20N2O3S2/c1-12-8-9-22-15(12)11-18(4)16(19)13-6-5-7-14(10-13)23(20,21)17(2)3/h5-10H,11H2,1-4H3. The summed E-state index contributed by atoms with van der Waals surface area (Å²) in [5, 5.41) is 1.99. The Morgan fingerprint density at radius 1 is 1.17 bits per heavy atom. The summed E-state index contributed by atoms with van der Waals surface area (Å²) in [4.78, 5) is 15.4. The zero-order valence-corrected chi connectivity index (χ0v) is 15.2. The van der Waals surface area contributed by atoms with Gasteiger partial charge in [-0.15, -0.1) is 11.3 Å². The van der Waals surface area contributed by atoms with E-state index in [0.717, 1.165) is 14.7 Å². The van der Waals surface area contributed by atoms with Crippen molar-refractivity contribution in [1.29, 1.82) is 0 Å². The third kappa shape index (κ3) is 3.80. The SMILES string of the molecule is Cc1ccsc1CN(C)C(=O)c1cccc(S(=O)(=O)N(C)C)c1. The number of nitrogens with zero attached hydrogens (tertiary/aromatic N) is 2. The number of aryl methyl sites for hydroxylation is 1. The molecule has 2 rings (SSSR count). The van der Waals surface area contributed by atoms with Crippen LogP contribution in [0.1, 0.15) is 20.8 Å². The van der Waals surface area contributed by atoms with Crippen molar-refractivity contribution >= 4 is 27.3 Å². The lowest BCUT2D eigenvalue weighted by Crippen LogP contribution is -2.27. The molecular weight excluding hydrogens is 332 g/mol. The molecule has 0 spiro atoms. The van der Waals surface area contributed by atoms with Crippen LogP contribution in [0, 0.1) is 6.92 Å². The van der Waals surface area contributed by atoms with Gasteiger partial charge < -0.3 is 4.90 Å². The zero-order valence-electron chi connectivity index (χ0n) is 13.6. The summed E-state index contributed by atoms with van der Waals surface area (Å²) in [6.45, 7) is 2.52. The van der Waals surface area contributed by atoms with Gasteiger partial charge in [-0.2, -0.15) is 0 Å². The number of amides is 1. The van der Waals surface area contributed by atoms with Gasteiger partial charge in [0.05, 0.1) is 11.4 Å². The van der Waals surface area contributed by atoms with E-state index in [4.69, 9.17) is 0 Å². The number of rotatable bonds is 5. The Balaban J connectivity index is 2.25. The van der Waals surface area contributed by atoms with Gasteiger partial charge in [-0.3, -0.25) is 4.79 Å². The van der Waals surface area contributed by atoms with Crippen LogP contribution in [0.2, 0.25) is 0 Å². The van der Waals surface area contributed by atoms with Crippen molar-refractivity contribution in [3.8, 4) is 0 Å². The molecule has 0 radical (unpaired) electrons. The lowest BCUT2D eigenvalue weighted by Gasteiger charge is -2.18. The molecule has 1 aromatic heterocycles. The third-order valence-corrected chi connectivity index (χ3v) is 6.37. The molecule has 0 fully saturated rings. The van der Waals surface area contributed by atoms with Crippen molar-refractivity contribution in [2.45, 2.75) is 18.4 Å².